The summed E-state index contributed by atoms with van der Waals surface area (Å²) in [5.41, 5.74) is 1.13. The van der Waals surface area contributed by atoms with E-state index in [1.807, 2.05) is 0 Å². The van der Waals surface area contributed by atoms with Crippen LogP contribution < -0.4 is 0 Å². The minimum Gasteiger partial charge on any atom is -0.294 e. The maximum Gasteiger partial charge on any atom is 0.161 e. The fourth-order valence-electron chi connectivity index (χ4n) is 0.982. The summed E-state index contributed by atoms with van der Waals surface area (Å²) in [5.74, 6) is -0.509. The molecule has 0 atom stereocenters. The first-order valence-electron chi connectivity index (χ1n) is 3.49. The fraction of sp³-hybridized carbons (Fsp3) is 0.222. The molecule has 0 N–H and O–H groups in total. The molecule has 0 fully saturated rings. The number of benzene rings is 1. The normalized spacial score (nSPS) is 10.0. The summed E-state index contributed by atoms with van der Waals surface area (Å²) in [7, 11) is 0. The van der Waals surface area contributed by atoms with Crippen molar-refractivity contribution in [1.82, 2.24) is 0 Å². The molecule has 64 valence electrons. The van der Waals surface area contributed by atoms with E-state index in [1.165, 1.54) is 19.1 Å². The van der Waals surface area contributed by atoms with Gasteiger partial charge >= 0.3 is 0 Å². The smallest absolute Gasteiger partial charge is 0.161 e. The van der Waals surface area contributed by atoms with Gasteiger partial charge in [-0.25, -0.2) is 4.39 Å². The lowest BCUT2D eigenvalue weighted by atomic mass is 10.1. The molecular formula is C9H8BrFO. The number of carbonyl (C=O) groups is 1. The Morgan fingerprint density at radius 2 is 2.08 bits per heavy atom. The minimum absolute atomic E-state index is 0.135. The Bertz CT molecular complexity index is 334. The molecule has 0 heterocycles. The van der Waals surface area contributed by atoms with E-state index in [4.69, 9.17) is 0 Å². The third-order valence-electron chi connectivity index (χ3n) is 1.60. The number of rotatable bonds is 1. The number of hydrogen-bond donors (Lipinski definition) is 0. The Labute approximate surface area is 78.7 Å². The van der Waals surface area contributed by atoms with Crippen molar-refractivity contribution in [2.24, 2.45) is 0 Å². The fourth-order valence-corrected chi connectivity index (χ4v) is 1.49. The highest BCUT2D eigenvalue weighted by atomic mass is 79.9. The van der Waals surface area contributed by atoms with Gasteiger partial charge in [-0.1, -0.05) is 0 Å². The molecule has 0 aromatic heterocycles. The average Bonchev–Trinajstić information content (AvgIpc) is 1.96. The topological polar surface area (TPSA) is 17.1 Å². The third kappa shape index (κ3) is 1.72. The Morgan fingerprint density at radius 3 is 2.58 bits per heavy atom. The summed E-state index contributed by atoms with van der Waals surface area (Å²) >= 11 is 3.23. The van der Waals surface area contributed by atoms with Gasteiger partial charge in [0.05, 0.1) is 0 Å². The molecule has 12 heavy (non-hydrogen) atoms. The summed E-state index contributed by atoms with van der Waals surface area (Å²) in [6.07, 6.45) is 0. The maximum absolute atomic E-state index is 12.8. The number of halogens is 2. The lowest BCUT2D eigenvalue weighted by Gasteiger charge is -2.03. The second-order valence-corrected chi connectivity index (χ2v) is 3.43. The van der Waals surface area contributed by atoms with Crippen LogP contribution in [0.25, 0.3) is 0 Å². The van der Waals surface area contributed by atoms with Crippen LogP contribution in [0.1, 0.15) is 22.8 Å². The van der Waals surface area contributed by atoms with E-state index in [0.29, 0.717) is 10.0 Å². The molecule has 3 heteroatoms. The van der Waals surface area contributed by atoms with E-state index in [-0.39, 0.29) is 11.6 Å². The standard InChI is InChI=1S/C9H8BrFO/c1-5-3-7(11)4-8(6(2)12)9(5)10/h3-4H,1-2H3. The third-order valence-corrected chi connectivity index (χ3v) is 2.65. The summed E-state index contributed by atoms with van der Waals surface area (Å²) < 4.78 is 13.5. The first-order chi connectivity index (χ1) is 5.52. The van der Waals surface area contributed by atoms with Gasteiger partial charge in [-0.05, 0) is 47.5 Å². The number of ketones is 1. The Kier molecular flexibility index (Phi) is 2.62. The van der Waals surface area contributed by atoms with Crippen molar-refractivity contribution in [3.8, 4) is 0 Å². The van der Waals surface area contributed by atoms with E-state index in [2.05, 4.69) is 15.9 Å². The molecule has 0 aliphatic heterocycles. The highest BCUT2D eigenvalue weighted by Gasteiger charge is 2.08. The Balaban J connectivity index is 3.37. The average molecular weight is 231 g/mol. The lowest BCUT2D eigenvalue weighted by molar-refractivity contribution is 0.101. The first kappa shape index (κ1) is 9.39. The molecule has 0 aliphatic rings. The van der Waals surface area contributed by atoms with Gasteiger partial charge in [0.25, 0.3) is 0 Å². The lowest BCUT2D eigenvalue weighted by Crippen LogP contribution is -1.96. The monoisotopic (exact) mass is 230 g/mol. The molecule has 1 nitrogen and oxygen atoms in total. The zero-order valence-electron chi connectivity index (χ0n) is 6.82. The van der Waals surface area contributed by atoms with Gasteiger partial charge in [-0.15, -0.1) is 0 Å². The van der Waals surface area contributed by atoms with Crippen LogP contribution in [0.2, 0.25) is 0 Å². The second-order valence-electron chi connectivity index (χ2n) is 2.64. The number of aryl methyl sites for hydroxylation is 1. The van der Waals surface area contributed by atoms with Crippen LogP contribution in [-0.4, -0.2) is 5.78 Å². The molecular weight excluding hydrogens is 223 g/mol. The van der Waals surface area contributed by atoms with Crippen LogP contribution in [0.5, 0.6) is 0 Å². The highest BCUT2D eigenvalue weighted by molar-refractivity contribution is 9.10. The maximum atomic E-state index is 12.8. The van der Waals surface area contributed by atoms with Gasteiger partial charge in [0.2, 0.25) is 0 Å². The van der Waals surface area contributed by atoms with E-state index in [9.17, 15) is 9.18 Å². The van der Waals surface area contributed by atoms with Crippen LogP contribution in [0, 0.1) is 12.7 Å². The number of hydrogen-bond acceptors (Lipinski definition) is 1. The quantitative estimate of drug-likeness (QED) is 0.678. The molecule has 0 amide bonds. The van der Waals surface area contributed by atoms with Gasteiger partial charge in [0, 0.05) is 10.0 Å². The van der Waals surface area contributed by atoms with Crippen LogP contribution in [0.15, 0.2) is 16.6 Å². The number of Topliss-reactive ketones (excluding diaryl/α,β-unsaturated/α-hetero) is 1. The van der Waals surface area contributed by atoms with Crippen molar-refractivity contribution in [2.75, 3.05) is 0 Å². The molecule has 0 spiro atoms. The summed E-state index contributed by atoms with van der Waals surface area (Å²) in [6, 6.07) is 2.62. The van der Waals surface area contributed by atoms with Crippen LogP contribution in [0.3, 0.4) is 0 Å². The van der Waals surface area contributed by atoms with Gasteiger partial charge in [-0.3, -0.25) is 4.79 Å². The zero-order chi connectivity index (χ0) is 9.30. The van der Waals surface area contributed by atoms with Crippen molar-refractivity contribution in [2.45, 2.75) is 13.8 Å². The van der Waals surface area contributed by atoms with Crippen LogP contribution in [-0.2, 0) is 0 Å². The largest absolute Gasteiger partial charge is 0.294 e. The van der Waals surface area contributed by atoms with E-state index in [0.717, 1.165) is 5.56 Å². The molecule has 1 aromatic rings. The van der Waals surface area contributed by atoms with Gasteiger partial charge < -0.3 is 0 Å². The molecule has 1 rings (SSSR count). The van der Waals surface area contributed by atoms with Gasteiger partial charge in [0.1, 0.15) is 5.82 Å². The molecule has 0 aliphatic carbocycles. The minimum atomic E-state index is -0.374. The first-order valence-corrected chi connectivity index (χ1v) is 4.28. The van der Waals surface area contributed by atoms with Crippen molar-refractivity contribution >= 4 is 21.7 Å². The SMILES string of the molecule is CC(=O)c1cc(F)cc(C)c1Br. The predicted octanol–water partition coefficient (Wildman–Crippen LogP) is 3.10. The van der Waals surface area contributed by atoms with Crippen molar-refractivity contribution in [3.63, 3.8) is 0 Å². The number of carbonyl (C=O) groups excluding carboxylic acids is 1. The molecule has 0 unspecified atom stereocenters. The van der Waals surface area contributed by atoms with E-state index < -0.39 is 0 Å². The molecule has 0 saturated carbocycles. The molecule has 0 saturated heterocycles. The molecule has 0 bridgehead atoms. The molecule has 1 aromatic carbocycles. The Hall–Kier alpha value is -0.700. The summed E-state index contributed by atoms with van der Waals surface area (Å²) in [5, 5.41) is 0. The predicted molar refractivity (Wildman–Crippen MR) is 48.8 cm³/mol. The van der Waals surface area contributed by atoms with Crippen molar-refractivity contribution in [3.05, 3.63) is 33.5 Å². The molecule has 0 radical (unpaired) electrons. The van der Waals surface area contributed by atoms with Crippen molar-refractivity contribution < 1.29 is 9.18 Å². The van der Waals surface area contributed by atoms with Crippen molar-refractivity contribution in [1.29, 1.82) is 0 Å². The summed E-state index contributed by atoms with van der Waals surface area (Å²) in [6.45, 7) is 3.17. The van der Waals surface area contributed by atoms with Crippen LogP contribution in [0.4, 0.5) is 4.39 Å². The van der Waals surface area contributed by atoms with Gasteiger partial charge in [-0.2, -0.15) is 0 Å². The van der Waals surface area contributed by atoms with Gasteiger partial charge in [0.15, 0.2) is 5.78 Å². The van der Waals surface area contributed by atoms with E-state index >= 15 is 0 Å². The van der Waals surface area contributed by atoms with E-state index in [1.54, 1.807) is 6.92 Å². The highest BCUT2D eigenvalue weighted by Crippen LogP contribution is 2.22. The summed E-state index contributed by atoms with van der Waals surface area (Å²) in [4.78, 5) is 11.0. The zero-order valence-corrected chi connectivity index (χ0v) is 8.40. The second kappa shape index (κ2) is 3.35. The Morgan fingerprint density at radius 1 is 1.50 bits per heavy atom. The van der Waals surface area contributed by atoms with Crippen LogP contribution >= 0.6 is 15.9 Å².